The van der Waals surface area contributed by atoms with Gasteiger partial charge in [-0.25, -0.2) is 0 Å². The molecular formula is C13H19BrN2O3. The zero-order chi connectivity index (χ0) is 14.8. The highest BCUT2D eigenvalue weighted by molar-refractivity contribution is 9.10. The Morgan fingerprint density at radius 1 is 1.37 bits per heavy atom. The van der Waals surface area contributed by atoms with Gasteiger partial charge >= 0.3 is 0 Å². The van der Waals surface area contributed by atoms with Gasteiger partial charge in [0.15, 0.2) is 0 Å². The van der Waals surface area contributed by atoms with Crippen molar-refractivity contribution in [3.8, 4) is 0 Å². The Morgan fingerprint density at radius 2 is 1.95 bits per heavy atom. The summed E-state index contributed by atoms with van der Waals surface area (Å²) >= 11 is 3.31. The monoisotopic (exact) mass is 330 g/mol. The van der Waals surface area contributed by atoms with E-state index in [-0.39, 0.29) is 5.69 Å². The van der Waals surface area contributed by atoms with Gasteiger partial charge in [0, 0.05) is 28.2 Å². The third-order valence-corrected chi connectivity index (χ3v) is 3.98. The Balaban J connectivity index is 2.95. The molecule has 19 heavy (non-hydrogen) atoms. The lowest BCUT2D eigenvalue weighted by atomic mass is 9.86. The molecule has 6 heteroatoms. The second-order valence-electron chi connectivity index (χ2n) is 5.57. The van der Waals surface area contributed by atoms with Gasteiger partial charge in [-0.15, -0.1) is 0 Å². The first-order valence-electron chi connectivity index (χ1n) is 5.95. The second-order valence-corrected chi connectivity index (χ2v) is 6.48. The van der Waals surface area contributed by atoms with E-state index in [4.69, 9.17) is 0 Å². The fourth-order valence-electron chi connectivity index (χ4n) is 1.41. The highest BCUT2D eigenvalue weighted by atomic mass is 79.9. The number of hydrogen-bond acceptors (Lipinski definition) is 4. The van der Waals surface area contributed by atoms with E-state index < -0.39 is 16.1 Å². The molecule has 0 saturated carbocycles. The van der Waals surface area contributed by atoms with E-state index in [1.165, 1.54) is 6.07 Å². The number of hydrogen-bond donors (Lipinski definition) is 2. The first-order chi connectivity index (χ1) is 8.54. The Morgan fingerprint density at radius 3 is 2.42 bits per heavy atom. The largest absolute Gasteiger partial charge is 0.389 e. The zero-order valence-electron chi connectivity index (χ0n) is 11.5. The van der Waals surface area contributed by atoms with Crippen LogP contribution in [0.1, 0.15) is 33.3 Å². The van der Waals surface area contributed by atoms with Crippen LogP contribution in [0.2, 0.25) is 0 Å². The van der Waals surface area contributed by atoms with E-state index >= 15 is 0 Å². The molecule has 0 aromatic heterocycles. The molecule has 0 atom stereocenters. The summed E-state index contributed by atoms with van der Waals surface area (Å²) in [5.41, 5.74) is -0.851. The lowest BCUT2D eigenvalue weighted by Gasteiger charge is -2.38. The maximum Gasteiger partial charge on any atom is 0.273 e. The summed E-state index contributed by atoms with van der Waals surface area (Å²) in [6.07, 6.45) is 0. The molecule has 0 fully saturated rings. The van der Waals surface area contributed by atoms with E-state index in [0.717, 1.165) is 4.47 Å². The standard InChI is InChI=1S/C13H19BrN2O3/c1-12(2,13(3,4)17)15-8-9-7-10(14)5-6-11(9)16(18)19/h5-7,15,17H,8H2,1-4H3. The molecule has 0 heterocycles. The molecule has 1 aromatic rings. The summed E-state index contributed by atoms with van der Waals surface area (Å²) in [5, 5.41) is 24.2. The average molecular weight is 331 g/mol. The number of halogens is 1. The van der Waals surface area contributed by atoms with Gasteiger partial charge in [0.1, 0.15) is 0 Å². The summed E-state index contributed by atoms with van der Waals surface area (Å²) in [5.74, 6) is 0. The summed E-state index contributed by atoms with van der Waals surface area (Å²) in [6, 6.07) is 4.83. The van der Waals surface area contributed by atoms with Crippen molar-refractivity contribution >= 4 is 21.6 Å². The summed E-state index contributed by atoms with van der Waals surface area (Å²) < 4.78 is 0.788. The number of nitro groups is 1. The molecule has 0 aliphatic carbocycles. The Kier molecular flexibility index (Phi) is 4.71. The first-order valence-corrected chi connectivity index (χ1v) is 6.74. The minimum atomic E-state index is -0.937. The molecule has 5 nitrogen and oxygen atoms in total. The van der Waals surface area contributed by atoms with Crippen LogP contribution >= 0.6 is 15.9 Å². The van der Waals surface area contributed by atoms with Crippen LogP contribution in [-0.4, -0.2) is 21.2 Å². The zero-order valence-corrected chi connectivity index (χ0v) is 13.1. The quantitative estimate of drug-likeness (QED) is 0.642. The minimum absolute atomic E-state index is 0.0715. The molecule has 0 radical (unpaired) electrons. The molecule has 1 rings (SSSR count). The van der Waals surface area contributed by atoms with Crippen LogP contribution in [0.15, 0.2) is 22.7 Å². The first kappa shape index (κ1) is 16.1. The van der Waals surface area contributed by atoms with Crippen LogP contribution in [0, 0.1) is 10.1 Å². The van der Waals surface area contributed by atoms with Crippen LogP contribution in [0.5, 0.6) is 0 Å². The lowest BCUT2D eigenvalue weighted by molar-refractivity contribution is -0.385. The highest BCUT2D eigenvalue weighted by Gasteiger charge is 2.34. The predicted molar refractivity (Wildman–Crippen MR) is 78.0 cm³/mol. The van der Waals surface area contributed by atoms with E-state index in [1.807, 2.05) is 13.8 Å². The number of nitrogens with one attached hydrogen (secondary N) is 1. The topological polar surface area (TPSA) is 75.4 Å². The molecule has 2 N–H and O–H groups in total. The van der Waals surface area contributed by atoms with Gasteiger partial charge in [0.2, 0.25) is 0 Å². The fourth-order valence-corrected chi connectivity index (χ4v) is 1.81. The molecule has 0 aliphatic heterocycles. The van der Waals surface area contributed by atoms with Crippen LogP contribution in [0.25, 0.3) is 0 Å². The van der Waals surface area contributed by atoms with Crippen LogP contribution in [0.3, 0.4) is 0 Å². The van der Waals surface area contributed by atoms with Gasteiger partial charge in [-0.1, -0.05) is 15.9 Å². The molecule has 0 aliphatic rings. The van der Waals surface area contributed by atoms with E-state index in [1.54, 1.807) is 26.0 Å². The number of nitro benzene ring substituents is 1. The Labute approximate surface area is 121 Å². The van der Waals surface area contributed by atoms with Crippen LogP contribution < -0.4 is 5.32 Å². The van der Waals surface area contributed by atoms with Gasteiger partial charge in [-0.05, 0) is 39.8 Å². The van der Waals surface area contributed by atoms with Crippen LogP contribution in [-0.2, 0) is 6.54 Å². The van der Waals surface area contributed by atoms with Crippen molar-refractivity contribution in [2.45, 2.75) is 45.4 Å². The van der Waals surface area contributed by atoms with Crippen molar-refractivity contribution in [1.29, 1.82) is 0 Å². The molecule has 0 amide bonds. The maximum absolute atomic E-state index is 11.0. The number of nitrogens with zero attached hydrogens (tertiary/aromatic N) is 1. The predicted octanol–water partition coefficient (Wildman–Crippen LogP) is 3.00. The van der Waals surface area contributed by atoms with Crippen molar-refractivity contribution in [2.75, 3.05) is 0 Å². The highest BCUT2D eigenvalue weighted by Crippen LogP contribution is 2.25. The van der Waals surface area contributed by atoms with Crippen molar-refractivity contribution in [1.82, 2.24) is 5.32 Å². The third kappa shape index (κ3) is 3.99. The SMILES string of the molecule is CC(C)(O)C(C)(C)NCc1cc(Br)ccc1[N+](=O)[O-]. The van der Waals surface area contributed by atoms with Gasteiger partial charge in [0.05, 0.1) is 10.5 Å². The third-order valence-electron chi connectivity index (χ3n) is 3.49. The number of aliphatic hydroxyl groups is 1. The van der Waals surface area contributed by atoms with Crippen molar-refractivity contribution in [3.63, 3.8) is 0 Å². The lowest BCUT2D eigenvalue weighted by Crippen LogP contribution is -2.55. The molecule has 1 aromatic carbocycles. The Bertz CT molecular complexity index is 481. The van der Waals surface area contributed by atoms with E-state index in [0.29, 0.717) is 12.1 Å². The van der Waals surface area contributed by atoms with E-state index in [9.17, 15) is 15.2 Å². The van der Waals surface area contributed by atoms with Gasteiger partial charge in [0.25, 0.3) is 5.69 Å². The van der Waals surface area contributed by atoms with Crippen LogP contribution in [0.4, 0.5) is 5.69 Å². The number of benzene rings is 1. The minimum Gasteiger partial charge on any atom is -0.389 e. The van der Waals surface area contributed by atoms with E-state index in [2.05, 4.69) is 21.2 Å². The van der Waals surface area contributed by atoms with Crippen molar-refractivity contribution in [2.24, 2.45) is 0 Å². The number of rotatable bonds is 5. The fraction of sp³-hybridized carbons (Fsp3) is 0.538. The summed E-state index contributed by atoms with van der Waals surface area (Å²) in [4.78, 5) is 10.6. The molecule has 0 unspecified atom stereocenters. The maximum atomic E-state index is 11.0. The normalized spacial score (nSPS) is 12.5. The molecule has 0 saturated heterocycles. The molecular weight excluding hydrogens is 312 g/mol. The average Bonchev–Trinajstić information content (AvgIpc) is 2.24. The molecule has 0 bridgehead atoms. The van der Waals surface area contributed by atoms with Crippen molar-refractivity contribution in [3.05, 3.63) is 38.3 Å². The molecule has 0 spiro atoms. The smallest absolute Gasteiger partial charge is 0.273 e. The Hall–Kier alpha value is -0.980. The molecule has 106 valence electrons. The van der Waals surface area contributed by atoms with Gasteiger partial charge in [-0.2, -0.15) is 0 Å². The van der Waals surface area contributed by atoms with Crippen molar-refractivity contribution < 1.29 is 10.0 Å². The van der Waals surface area contributed by atoms with Gasteiger partial charge in [-0.3, -0.25) is 10.1 Å². The second kappa shape index (κ2) is 5.56. The summed E-state index contributed by atoms with van der Waals surface area (Å²) in [7, 11) is 0. The summed E-state index contributed by atoms with van der Waals surface area (Å²) in [6.45, 7) is 7.44. The van der Waals surface area contributed by atoms with Gasteiger partial charge < -0.3 is 10.4 Å².